The summed E-state index contributed by atoms with van der Waals surface area (Å²) in [5.74, 6) is -1.35. The van der Waals surface area contributed by atoms with Crippen LogP contribution in [0.25, 0.3) is 0 Å². The third-order valence-corrected chi connectivity index (χ3v) is 3.88. The Morgan fingerprint density at radius 2 is 1.84 bits per heavy atom. The first-order valence-electron chi connectivity index (χ1n) is 7.87. The van der Waals surface area contributed by atoms with Crippen LogP contribution in [0.1, 0.15) is 29.8 Å². The van der Waals surface area contributed by atoms with E-state index >= 15 is 0 Å². The van der Waals surface area contributed by atoms with Crippen LogP contribution in [0.15, 0.2) is 48.5 Å². The first-order valence-corrected chi connectivity index (χ1v) is 8.25. The first-order chi connectivity index (χ1) is 11.9. The quantitative estimate of drug-likeness (QED) is 0.798. The standard InChI is InChI=1S/C19H20ClNO4/c1-13(2)21(11-14-6-4-3-5-7-14)18(23)12-25-19(24)16-10-15(20)8-9-17(16)22/h3-10,13,22H,11-12H2,1-2H3. The largest absolute Gasteiger partial charge is 0.507 e. The van der Waals surface area contributed by atoms with E-state index in [0.29, 0.717) is 11.6 Å². The summed E-state index contributed by atoms with van der Waals surface area (Å²) in [5.41, 5.74) is 0.919. The number of phenols is 1. The third kappa shape index (κ3) is 5.22. The molecular weight excluding hydrogens is 342 g/mol. The molecule has 2 rings (SSSR count). The lowest BCUT2D eigenvalue weighted by Gasteiger charge is -2.26. The predicted octanol–water partition coefficient (Wildman–Crippen LogP) is 3.64. The van der Waals surface area contributed by atoms with Gasteiger partial charge in [-0.1, -0.05) is 41.9 Å². The number of phenolic OH excluding ortho intramolecular Hbond substituents is 1. The van der Waals surface area contributed by atoms with Crippen molar-refractivity contribution in [3.8, 4) is 5.75 Å². The highest BCUT2D eigenvalue weighted by Gasteiger charge is 2.20. The number of benzene rings is 2. The van der Waals surface area contributed by atoms with Crippen molar-refractivity contribution < 1.29 is 19.4 Å². The molecule has 0 radical (unpaired) electrons. The van der Waals surface area contributed by atoms with E-state index in [0.717, 1.165) is 5.56 Å². The average molecular weight is 362 g/mol. The normalized spacial score (nSPS) is 10.6. The van der Waals surface area contributed by atoms with E-state index in [1.54, 1.807) is 4.90 Å². The maximum absolute atomic E-state index is 12.4. The van der Waals surface area contributed by atoms with Crippen LogP contribution in [0.3, 0.4) is 0 Å². The van der Waals surface area contributed by atoms with Gasteiger partial charge >= 0.3 is 5.97 Å². The van der Waals surface area contributed by atoms with Crippen LogP contribution in [0.4, 0.5) is 0 Å². The van der Waals surface area contributed by atoms with E-state index in [2.05, 4.69) is 0 Å². The summed E-state index contributed by atoms with van der Waals surface area (Å²) < 4.78 is 5.05. The molecule has 0 atom stereocenters. The summed E-state index contributed by atoms with van der Waals surface area (Å²) in [5, 5.41) is 10.0. The molecule has 0 aromatic heterocycles. The molecule has 0 fully saturated rings. The lowest BCUT2D eigenvalue weighted by Crippen LogP contribution is -2.39. The van der Waals surface area contributed by atoms with Crippen LogP contribution in [-0.4, -0.2) is 34.5 Å². The second-order valence-corrected chi connectivity index (χ2v) is 6.28. The van der Waals surface area contributed by atoms with E-state index < -0.39 is 12.6 Å². The molecule has 0 saturated carbocycles. The van der Waals surface area contributed by atoms with Crippen molar-refractivity contribution in [3.63, 3.8) is 0 Å². The smallest absolute Gasteiger partial charge is 0.342 e. The number of hydrogen-bond acceptors (Lipinski definition) is 4. The topological polar surface area (TPSA) is 66.8 Å². The molecule has 5 nitrogen and oxygen atoms in total. The zero-order valence-electron chi connectivity index (χ0n) is 14.1. The molecule has 0 bridgehead atoms. The van der Waals surface area contributed by atoms with Crippen LogP contribution in [0.5, 0.6) is 5.75 Å². The predicted molar refractivity (Wildman–Crippen MR) is 95.5 cm³/mol. The van der Waals surface area contributed by atoms with Gasteiger partial charge < -0.3 is 14.7 Å². The maximum Gasteiger partial charge on any atom is 0.342 e. The van der Waals surface area contributed by atoms with Crippen molar-refractivity contribution in [3.05, 3.63) is 64.7 Å². The lowest BCUT2D eigenvalue weighted by atomic mass is 10.2. The number of nitrogens with zero attached hydrogens (tertiary/aromatic N) is 1. The maximum atomic E-state index is 12.4. The van der Waals surface area contributed by atoms with Crippen molar-refractivity contribution >= 4 is 23.5 Å². The Hall–Kier alpha value is -2.53. The molecule has 25 heavy (non-hydrogen) atoms. The number of ether oxygens (including phenoxy) is 1. The Kier molecular flexibility index (Phi) is 6.42. The number of carbonyl (C=O) groups is 2. The number of halogens is 1. The van der Waals surface area contributed by atoms with E-state index in [4.69, 9.17) is 16.3 Å². The van der Waals surface area contributed by atoms with Crippen molar-refractivity contribution in [1.29, 1.82) is 0 Å². The molecule has 0 heterocycles. The summed E-state index contributed by atoms with van der Waals surface area (Å²) in [4.78, 5) is 26.1. The number of esters is 1. The molecule has 2 aromatic carbocycles. The Morgan fingerprint density at radius 1 is 1.16 bits per heavy atom. The minimum atomic E-state index is -0.795. The Bertz CT molecular complexity index is 746. The fourth-order valence-electron chi connectivity index (χ4n) is 2.30. The summed E-state index contributed by atoms with van der Waals surface area (Å²) >= 11 is 5.81. The summed E-state index contributed by atoms with van der Waals surface area (Å²) in [6.45, 7) is 3.81. The van der Waals surface area contributed by atoms with E-state index in [-0.39, 0.29) is 23.3 Å². The summed E-state index contributed by atoms with van der Waals surface area (Å²) in [6.07, 6.45) is 0. The fraction of sp³-hybridized carbons (Fsp3) is 0.263. The summed E-state index contributed by atoms with van der Waals surface area (Å²) in [6, 6.07) is 13.6. The number of aromatic hydroxyl groups is 1. The van der Waals surface area contributed by atoms with Crippen LogP contribution in [-0.2, 0) is 16.1 Å². The number of hydrogen-bond donors (Lipinski definition) is 1. The Balaban J connectivity index is 2.01. The van der Waals surface area contributed by atoms with Crippen LogP contribution in [0.2, 0.25) is 5.02 Å². The molecule has 0 aliphatic rings. The van der Waals surface area contributed by atoms with Gasteiger partial charge in [-0.25, -0.2) is 4.79 Å². The molecule has 0 spiro atoms. The zero-order chi connectivity index (χ0) is 18.4. The second kappa shape index (κ2) is 8.53. The van der Waals surface area contributed by atoms with Crippen LogP contribution < -0.4 is 0 Å². The molecule has 0 aliphatic carbocycles. The monoisotopic (exact) mass is 361 g/mol. The van der Waals surface area contributed by atoms with Gasteiger partial charge in [0.25, 0.3) is 5.91 Å². The van der Waals surface area contributed by atoms with E-state index in [9.17, 15) is 14.7 Å². The zero-order valence-corrected chi connectivity index (χ0v) is 14.9. The lowest BCUT2D eigenvalue weighted by molar-refractivity contribution is -0.136. The third-order valence-electron chi connectivity index (χ3n) is 3.64. The Labute approximate surface area is 151 Å². The number of carbonyl (C=O) groups excluding carboxylic acids is 2. The molecular formula is C19H20ClNO4. The minimum absolute atomic E-state index is 0.0500. The van der Waals surface area contributed by atoms with Gasteiger partial charge in [-0.3, -0.25) is 4.79 Å². The summed E-state index contributed by atoms with van der Waals surface area (Å²) in [7, 11) is 0. The molecule has 2 aromatic rings. The van der Waals surface area contributed by atoms with Crippen molar-refractivity contribution in [2.75, 3.05) is 6.61 Å². The fourth-order valence-corrected chi connectivity index (χ4v) is 2.47. The van der Waals surface area contributed by atoms with Gasteiger partial charge in [-0.15, -0.1) is 0 Å². The van der Waals surface area contributed by atoms with E-state index in [1.807, 2.05) is 44.2 Å². The highest BCUT2D eigenvalue weighted by molar-refractivity contribution is 6.31. The molecule has 0 saturated heterocycles. The molecule has 6 heteroatoms. The van der Waals surface area contributed by atoms with Crippen LogP contribution >= 0.6 is 11.6 Å². The molecule has 132 valence electrons. The van der Waals surface area contributed by atoms with Crippen molar-refractivity contribution in [1.82, 2.24) is 4.90 Å². The van der Waals surface area contributed by atoms with Gasteiger partial charge in [-0.05, 0) is 37.6 Å². The minimum Gasteiger partial charge on any atom is -0.507 e. The van der Waals surface area contributed by atoms with Crippen molar-refractivity contribution in [2.45, 2.75) is 26.4 Å². The Morgan fingerprint density at radius 3 is 2.48 bits per heavy atom. The molecule has 0 aliphatic heterocycles. The molecule has 1 N–H and O–H groups in total. The van der Waals surface area contributed by atoms with Gasteiger partial charge in [-0.2, -0.15) is 0 Å². The van der Waals surface area contributed by atoms with Crippen molar-refractivity contribution in [2.24, 2.45) is 0 Å². The average Bonchev–Trinajstić information content (AvgIpc) is 2.60. The van der Waals surface area contributed by atoms with Gasteiger partial charge in [0, 0.05) is 17.6 Å². The molecule has 1 amide bonds. The number of amides is 1. The van der Waals surface area contributed by atoms with Gasteiger partial charge in [0.05, 0.1) is 0 Å². The number of rotatable bonds is 6. The second-order valence-electron chi connectivity index (χ2n) is 5.84. The molecule has 0 unspecified atom stereocenters. The first kappa shape index (κ1) is 18.8. The van der Waals surface area contributed by atoms with E-state index in [1.165, 1.54) is 18.2 Å². The SMILES string of the molecule is CC(C)N(Cc1ccccc1)C(=O)COC(=O)c1cc(Cl)ccc1O. The highest BCUT2D eigenvalue weighted by Crippen LogP contribution is 2.22. The van der Waals surface area contributed by atoms with Gasteiger partial charge in [0.2, 0.25) is 0 Å². The van der Waals surface area contributed by atoms with Gasteiger partial charge in [0.1, 0.15) is 11.3 Å². The van der Waals surface area contributed by atoms with Gasteiger partial charge in [0.15, 0.2) is 6.61 Å². The highest BCUT2D eigenvalue weighted by atomic mass is 35.5. The van der Waals surface area contributed by atoms with Crippen LogP contribution in [0, 0.1) is 0 Å².